The van der Waals surface area contributed by atoms with Crippen LogP contribution in [0.5, 0.6) is 5.75 Å². The zero-order chi connectivity index (χ0) is 20.2. The van der Waals surface area contributed by atoms with E-state index in [0.29, 0.717) is 33.6 Å². The minimum Gasteiger partial charge on any atom is -0.484 e. The van der Waals surface area contributed by atoms with Crippen molar-refractivity contribution in [1.82, 2.24) is 20.3 Å². The third-order valence-electron chi connectivity index (χ3n) is 4.03. The van der Waals surface area contributed by atoms with Crippen molar-refractivity contribution in [2.75, 3.05) is 0 Å². The predicted molar refractivity (Wildman–Crippen MR) is 109 cm³/mol. The van der Waals surface area contributed by atoms with Gasteiger partial charge >= 0.3 is 0 Å². The molecule has 0 spiro atoms. The van der Waals surface area contributed by atoms with Gasteiger partial charge in [0.2, 0.25) is 11.7 Å². The lowest BCUT2D eigenvalue weighted by Gasteiger charge is -2.07. The summed E-state index contributed by atoms with van der Waals surface area (Å²) in [5, 5.41) is 13.1. The number of halogens is 1. The molecule has 4 rings (SSSR count). The van der Waals surface area contributed by atoms with Crippen LogP contribution in [0.1, 0.15) is 22.9 Å². The topological polar surface area (TPSA) is 87.1 Å². The molecule has 7 nitrogen and oxygen atoms in total. The van der Waals surface area contributed by atoms with E-state index in [-0.39, 0.29) is 6.61 Å². The number of thioether (sulfide) groups is 1. The molecule has 0 N–H and O–H groups in total. The zero-order valence-corrected chi connectivity index (χ0v) is 17.3. The lowest BCUT2D eigenvalue weighted by atomic mass is 10.1. The van der Waals surface area contributed by atoms with Gasteiger partial charge in [-0.1, -0.05) is 40.7 Å². The van der Waals surface area contributed by atoms with Gasteiger partial charge in [0.25, 0.3) is 11.1 Å². The predicted octanol–water partition coefficient (Wildman–Crippen LogP) is 5.26. The zero-order valence-electron chi connectivity index (χ0n) is 15.8. The van der Waals surface area contributed by atoms with Gasteiger partial charge in [-0.05, 0) is 55.3 Å². The van der Waals surface area contributed by atoms with Crippen molar-refractivity contribution in [3.63, 3.8) is 0 Å². The highest BCUT2D eigenvalue weighted by molar-refractivity contribution is 7.98. The van der Waals surface area contributed by atoms with Gasteiger partial charge in [-0.3, -0.25) is 0 Å². The Bertz CT molecular complexity index is 1110. The van der Waals surface area contributed by atoms with E-state index < -0.39 is 0 Å². The van der Waals surface area contributed by atoms with E-state index in [4.69, 9.17) is 25.3 Å². The van der Waals surface area contributed by atoms with Crippen LogP contribution in [0.4, 0.5) is 0 Å². The number of hydrogen-bond acceptors (Lipinski definition) is 8. The molecule has 2 heterocycles. The maximum Gasteiger partial charge on any atom is 0.277 e. The summed E-state index contributed by atoms with van der Waals surface area (Å²) >= 11 is 7.22. The lowest BCUT2D eigenvalue weighted by molar-refractivity contribution is 0.250. The van der Waals surface area contributed by atoms with Crippen LogP contribution in [0.3, 0.4) is 0 Å². The van der Waals surface area contributed by atoms with Gasteiger partial charge in [0.15, 0.2) is 6.61 Å². The summed E-state index contributed by atoms with van der Waals surface area (Å²) in [6.07, 6.45) is 0. The summed E-state index contributed by atoms with van der Waals surface area (Å²) in [6.45, 7) is 4.22. The summed E-state index contributed by atoms with van der Waals surface area (Å²) in [4.78, 5) is 4.37. The van der Waals surface area contributed by atoms with E-state index in [2.05, 4.69) is 20.3 Å². The summed E-state index contributed by atoms with van der Waals surface area (Å²) < 4.78 is 16.7. The second-order valence-electron chi connectivity index (χ2n) is 6.33. The number of rotatable bonds is 7. The van der Waals surface area contributed by atoms with Gasteiger partial charge in [-0.25, -0.2) is 0 Å². The van der Waals surface area contributed by atoms with E-state index in [9.17, 15) is 0 Å². The molecule has 29 heavy (non-hydrogen) atoms. The van der Waals surface area contributed by atoms with E-state index in [1.807, 2.05) is 44.2 Å². The first-order chi connectivity index (χ1) is 14.1. The summed E-state index contributed by atoms with van der Waals surface area (Å²) in [5.74, 6) is 2.59. The fourth-order valence-corrected chi connectivity index (χ4v) is 3.25. The Labute approximate surface area is 176 Å². The molecule has 0 aliphatic heterocycles. The summed E-state index contributed by atoms with van der Waals surface area (Å²) in [5.41, 5.74) is 3.01. The van der Waals surface area contributed by atoms with Crippen LogP contribution in [0, 0.1) is 13.8 Å². The van der Waals surface area contributed by atoms with Crippen molar-refractivity contribution in [2.45, 2.75) is 31.4 Å². The second-order valence-corrected chi connectivity index (χ2v) is 7.69. The number of ether oxygens (including phenoxy) is 1. The molecule has 148 valence electrons. The molecule has 0 fully saturated rings. The fraction of sp³-hybridized carbons (Fsp3) is 0.200. The molecule has 4 aromatic rings. The fourth-order valence-electron chi connectivity index (χ4n) is 2.51. The monoisotopic (exact) mass is 428 g/mol. The molecule has 0 bridgehead atoms. The molecule has 0 radical (unpaired) electrons. The molecular weight excluding hydrogens is 412 g/mol. The van der Waals surface area contributed by atoms with Gasteiger partial charge in [-0.15, -0.1) is 10.2 Å². The second kappa shape index (κ2) is 8.67. The molecule has 0 aliphatic carbocycles. The Hall–Kier alpha value is -2.84. The third-order valence-corrected chi connectivity index (χ3v) is 5.09. The third kappa shape index (κ3) is 4.96. The average molecular weight is 429 g/mol. The molecule has 0 saturated heterocycles. The molecule has 2 aromatic heterocycles. The molecule has 0 amide bonds. The van der Waals surface area contributed by atoms with E-state index in [1.165, 1.54) is 11.8 Å². The first-order valence-corrected chi connectivity index (χ1v) is 10.2. The highest BCUT2D eigenvalue weighted by Gasteiger charge is 2.13. The Balaban J connectivity index is 1.33. The molecule has 0 aliphatic rings. The van der Waals surface area contributed by atoms with Gasteiger partial charge in [-0.2, -0.15) is 4.98 Å². The van der Waals surface area contributed by atoms with Crippen molar-refractivity contribution in [3.05, 3.63) is 70.4 Å². The van der Waals surface area contributed by atoms with E-state index in [1.54, 1.807) is 12.1 Å². The van der Waals surface area contributed by atoms with Gasteiger partial charge in [0.1, 0.15) is 5.75 Å². The van der Waals surface area contributed by atoms with Gasteiger partial charge in [0.05, 0.1) is 5.75 Å². The Kier molecular flexibility index (Phi) is 5.82. The van der Waals surface area contributed by atoms with Crippen LogP contribution in [0.2, 0.25) is 5.02 Å². The number of aryl methyl sites for hydroxylation is 2. The van der Waals surface area contributed by atoms with E-state index >= 15 is 0 Å². The first-order valence-electron chi connectivity index (χ1n) is 8.80. The minimum atomic E-state index is 0.207. The molecule has 9 heteroatoms. The highest BCUT2D eigenvalue weighted by atomic mass is 35.5. The SMILES string of the molecule is Cc1ccc(C)c(OCc2nnc(SCc3nc(-c4ccc(Cl)cc4)no3)o2)c1. The van der Waals surface area contributed by atoms with Crippen molar-refractivity contribution >= 4 is 23.4 Å². The van der Waals surface area contributed by atoms with E-state index in [0.717, 1.165) is 22.4 Å². The Morgan fingerprint density at radius 3 is 2.69 bits per heavy atom. The van der Waals surface area contributed by atoms with Crippen LogP contribution in [0.25, 0.3) is 11.4 Å². The van der Waals surface area contributed by atoms with Crippen LogP contribution < -0.4 is 4.74 Å². The smallest absolute Gasteiger partial charge is 0.277 e. The molecule has 0 atom stereocenters. The molecule has 0 unspecified atom stereocenters. The highest BCUT2D eigenvalue weighted by Crippen LogP contribution is 2.24. The molecule has 0 saturated carbocycles. The van der Waals surface area contributed by atoms with Crippen LogP contribution in [-0.2, 0) is 12.4 Å². The maximum atomic E-state index is 5.90. The summed E-state index contributed by atoms with van der Waals surface area (Å²) in [6, 6.07) is 13.3. The minimum absolute atomic E-state index is 0.207. The lowest BCUT2D eigenvalue weighted by Crippen LogP contribution is -1.97. The maximum absolute atomic E-state index is 5.90. The normalized spacial score (nSPS) is 11.0. The van der Waals surface area contributed by atoms with Crippen molar-refractivity contribution in [3.8, 4) is 17.1 Å². The van der Waals surface area contributed by atoms with Crippen LogP contribution in [0.15, 0.2) is 56.6 Å². The van der Waals surface area contributed by atoms with Crippen molar-refractivity contribution in [1.29, 1.82) is 0 Å². The number of hydrogen-bond donors (Lipinski definition) is 0. The summed E-state index contributed by atoms with van der Waals surface area (Å²) in [7, 11) is 0. The van der Waals surface area contributed by atoms with Crippen molar-refractivity contribution < 1.29 is 13.7 Å². The van der Waals surface area contributed by atoms with Crippen LogP contribution in [-0.4, -0.2) is 20.3 Å². The Morgan fingerprint density at radius 1 is 1.03 bits per heavy atom. The largest absolute Gasteiger partial charge is 0.484 e. The van der Waals surface area contributed by atoms with Gasteiger partial charge < -0.3 is 13.7 Å². The van der Waals surface area contributed by atoms with Gasteiger partial charge in [0, 0.05) is 10.6 Å². The van der Waals surface area contributed by atoms with Crippen LogP contribution >= 0.6 is 23.4 Å². The molecule has 2 aromatic carbocycles. The average Bonchev–Trinajstić information content (AvgIpc) is 3.37. The quantitative estimate of drug-likeness (QED) is 0.368. The Morgan fingerprint density at radius 2 is 1.86 bits per heavy atom. The standard InChI is InChI=1S/C20H17ClN4O3S/c1-12-3-4-13(2)16(9-12)26-10-17-23-24-20(27-17)29-11-18-22-19(25-28-18)14-5-7-15(21)8-6-14/h3-9H,10-11H2,1-2H3. The number of aromatic nitrogens is 4. The first kappa shape index (κ1) is 19.5. The van der Waals surface area contributed by atoms with Crippen molar-refractivity contribution in [2.24, 2.45) is 0 Å². The molecular formula is C20H17ClN4O3S. The number of nitrogens with zero attached hydrogens (tertiary/aromatic N) is 4. The number of benzene rings is 2.